The molecule has 0 saturated heterocycles. The first-order chi connectivity index (χ1) is 14.6. The van der Waals surface area contributed by atoms with Crippen molar-refractivity contribution in [3.05, 3.63) is 77.7 Å². The molecule has 0 saturated carbocycles. The first-order valence-electron chi connectivity index (χ1n) is 10.4. The molecule has 6 nitrogen and oxygen atoms in total. The van der Waals surface area contributed by atoms with Gasteiger partial charge in [-0.25, -0.2) is 4.98 Å². The van der Waals surface area contributed by atoms with Crippen LogP contribution in [0.15, 0.2) is 60.8 Å². The van der Waals surface area contributed by atoms with Crippen LogP contribution in [0.25, 0.3) is 0 Å². The summed E-state index contributed by atoms with van der Waals surface area (Å²) in [5, 5.41) is 6.37. The molecule has 3 rings (SSSR count). The van der Waals surface area contributed by atoms with E-state index >= 15 is 0 Å². The van der Waals surface area contributed by atoms with E-state index in [0.717, 1.165) is 54.6 Å². The second kappa shape index (κ2) is 10.4. The third-order valence-corrected chi connectivity index (χ3v) is 4.90. The fourth-order valence-electron chi connectivity index (χ4n) is 3.24. The molecule has 0 fully saturated rings. The van der Waals surface area contributed by atoms with E-state index in [2.05, 4.69) is 39.3 Å². The molecule has 0 atom stereocenters. The molecule has 0 aliphatic heterocycles. The Hall–Kier alpha value is -3.41. The zero-order valence-electron chi connectivity index (χ0n) is 17.9. The van der Waals surface area contributed by atoms with E-state index in [4.69, 9.17) is 0 Å². The number of benzene rings is 1. The lowest BCUT2D eigenvalue weighted by molar-refractivity contribution is 0.102. The first-order valence-corrected chi connectivity index (χ1v) is 10.4. The van der Waals surface area contributed by atoms with Gasteiger partial charge in [-0.1, -0.05) is 6.07 Å². The van der Waals surface area contributed by atoms with E-state index in [1.165, 1.54) is 0 Å². The van der Waals surface area contributed by atoms with Crippen molar-refractivity contribution >= 4 is 23.1 Å². The summed E-state index contributed by atoms with van der Waals surface area (Å²) in [6.07, 6.45) is 2.66. The van der Waals surface area contributed by atoms with Gasteiger partial charge >= 0.3 is 0 Å². The van der Waals surface area contributed by atoms with E-state index in [1.54, 1.807) is 0 Å². The number of carbonyl (C=O) groups is 1. The van der Waals surface area contributed by atoms with E-state index in [9.17, 15) is 4.79 Å². The molecule has 0 spiro atoms. The summed E-state index contributed by atoms with van der Waals surface area (Å²) in [5.41, 5.74) is 4.30. The predicted molar refractivity (Wildman–Crippen MR) is 123 cm³/mol. The van der Waals surface area contributed by atoms with Gasteiger partial charge < -0.3 is 15.5 Å². The SMILES string of the molecule is CCN(CC)c1nc(C)ccc1C(=O)Nc1ccc(NCCc2ccccn2)cc1. The zero-order valence-corrected chi connectivity index (χ0v) is 17.9. The summed E-state index contributed by atoms with van der Waals surface area (Å²) < 4.78 is 0. The average molecular weight is 404 g/mol. The number of anilines is 3. The summed E-state index contributed by atoms with van der Waals surface area (Å²) >= 11 is 0. The highest BCUT2D eigenvalue weighted by Gasteiger charge is 2.17. The number of aryl methyl sites for hydroxylation is 1. The average Bonchev–Trinajstić information content (AvgIpc) is 2.77. The smallest absolute Gasteiger partial charge is 0.259 e. The van der Waals surface area contributed by atoms with Crippen LogP contribution in [0.5, 0.6) is 0 Å². The van der Waals surface area contributed by atoms with Gasteiger partial charge in [-0.15, -0.1) is 0 Å². The number of hydrogen-bond acceptors (Lipinski definition) is 5. The van der Waals surface area contributed by atoms with Gasteiger partial charge in [0.05, 0.1) is 5.56 Å². The molecule has 3 aromatic rings. The fourth-order valence-corrected chi connectivity index (χ4v) is 3.24. The van der Waals surface area contributed by atoms with Crippen molar-refractivity contribution in [2.24, 2.45) is 0 Å². The van der Waals surface area contributed by atoms with Gasteiger partial charge in [0, 0.05) is 55.0 Å². The van der Waals surface area contributed by atoms with Gasteiger partial charge in [0.25, 0.3) is 5.91 Å². The van der Waals surface area contributed by atoms with E-state index in [0.29, 0.717) is 5.56 Å². The maximum Gasteiger partial charge on any atom is 0.259 e. The molecule has 0 bridgehead atoms. The topological polar surface area (TPSA) is 70.2 Å². The Morgan fingerprint density at radius 2 is 1.70 bits per heavy atom. The Balaban J connectivity index is 1.62. The number of hydrogen-bond donors (Lipinski definition) is 2. The van der Waals surface area contributed by atoms with Gasteiger partial charge in [0.2, 0.25) is 0 Å². The van der Waals surface area contributed by atoms with E-state index in [-0.39, 0.29) is 5.91 Å². The van der Waals surface area contributed by atoms with Crippen LogP contribution in [0.3, 0.4) is 0 Å². The first kappa shape index (κ1) is 21.3. The highest BCUT2D eigenvalue weighted by molar-refractivity contribution is 6.07. The minimum Gasteiger partial charge on any atom is -0.385 e. The quantitative estimate of drug-likeness (QED) is 0.549. The van der Waals surface area contributed by atoms with E-state index < -0.39 is 0 Å². The minimum atomic E-state index is -0.153. The van der Waals surface area contributed by atoms with Gasteiger partial charge in [-0.3, -0.25) is 9.78 Å². The molecule has 0 aliphatic rings. The lowest BCUT2D eigenvalue weighted by Crippen LogP contribution is -2.27. The molecular formula is C24H29N5O. The zero-order chi connectivity index (χ0) is 21.3. The predicted octanol–water partition coefficient (Wildman–Crippen LogP) is 4.54. The Morgan fingerprint density at radius 3 is 2.37 bits per heavy atom. The van der Waals surface area contributed by atoms with Crippen LogP contribution in [0.2, 0.25) is 0 Å². The number of carbonyl (C=O) groups excluding carboxylic acids is 1. The Labute approximate surface area is 178 Å². The minimum absolute atomic E-state index is 0.153. The highest BCUT2D eigenvalue weighted by Crippen LogP contribution is 2.21. The van der Waals surface area contributed by atoms with Crippen LogP contribution < -0.4 is 15.5 Å². The van der Waals surface area contributed by atoms with Crippen LogP contribution in [-0.2, 0) is 6.42 Å². The van der Waals surface area contributed by atoms with Crippen molar-refractivity contribution in [1.82, 2.24) is 9.97 Å². The molecular weight excluding hydrogens is 374 g/mol. The second-order valence-corrected chi connectivity index (χ2v) is 7.03. The number of rotatable bonds is 9. The molecule has 0 unspecified atom stereocenters. The normalized spacial score (nSPS) is 10.5. The molecule has 1 aromatic carbocycles. The lowest BCUT2D eigenvalue weighted by atomic mass is 10.2. The Bertz CT molecular complexity index is 953. The van der Waals surface area contributed by atoms with Gasteiger partial charge in [-0.2, -0.15) is 0 Å². The number of amides is 1. The van der Waals surface area contributed by atoms with Crippen molar-refractivity contribution in [3.63, 3.8) is 0 Å². The molecule has 30 heavy (non-hydrogen) atoms. The van der Waals surface area contributed by atoms with Crippen LogP contribution >= 0.6 is 0 Å². The molecule has 0 aliphatic carbocycles. The summed E-state index contributed by atoms with van der Waals surface area (Å²) in [5.74, 6) is 0.575. The van der Waals surface area contributed by atoms with E-state index in [1.807, 2.05) is 67.7 Å². The van der Waals surface area contributed by atoms with Crippen LogP contribution in [-0.4, -0.2) is 35.5 Å². The number of pyridine rings is 2. The van der Waals surface area contributed by atoms with Crippen LogP contribution in [0, 0.1) is 6.92 Å². The molecule has 0 radical (unpaired) electrons. The molecule has 2 heterocycles. The Kier molecular flexibility index (Phi) is 7.38. The van der Waals surface area contributed by atoms with Gasteiger partial charge in [0.15, 0.2) is 0 Å². The molecule has 2 aromatic heterocycles. The maximum absolute atomic E-state index is 12.9. The van der Waals surface area contributed by atoms with Crippen LogP contribution in [0.1, 0.15) is 35.6 Å². The van der Waals surface area contributed by atoms with Crippen LogP contribution in [0.4, 0.5) is 17.2 Å². The van der Waals surface area contributed by atoms with Crippen molar-refractivity contribution < 1.29 is 4.79 Å². The number of aromatic nitrogens is 2. The molecule has 6 heteroatoms. The van der Waals surface area contributed by atoms with Crippen molar-refractivity contribution in [3.8, 4) is 0 Å². The second-order valence-electron chi connectivity index (χ2n) is 7.03. The molecule has 2 N–H and O–H groups in total. The van der Waals surface area contributed by atoms with Crippen molar-refractivity contribution in [1.29, 1.82) is 0 Å². The van der Waals surface area contributed by atoms with Crippen molar-refractivity contribution in [2.75, 3.05) is 35.2 Å². The number of nitrogens with zero attached hydrogens (tertiary/aromatic N) is 3. The van der Waals surface area contributed by atoms with Gasteiger partial charge in [-0.05, 0) is 69.3 Å². The largest absolute Gasteiger partial charge is 0.385 e. The third kappa shape index (κ3) is 5.56. The molecule has 1 amide bonds. The summed E-state index contributed by atoms with van der Waals surface area (Å²) in [4.78, 5) is 23.9. The molecule has 156 valence electrons. The summed E-state index contributed by atoms with van der Waals surface area (Å²) in [6.45, 7) is 8.46. The summed E-state index contributed by atoms with van der Waals surface area (Å²) in [6, 6.07) is 17.4. The van der Waals surface area contributed by atoms with Gasteiger partial charge in [0.1, 0.15) is 5.82 Å². The Morgan fingerprint density at radius 1 is 0.967 bits per heavy atom. The number of nitrogens with one attached hydrogen (secondary N) is 2. The monoisotopic (exact) mass is 403 g/mol. The lowest BCUT2D eigenvalue weighted by Gasteiger charge is -2.22. The van der Waals surface area contributed by atoms with Crippen molar-refractivity contribution in [2.45, 2.75) is 27.2 Å². The third-order valence-electron chi connectivity index (χ3n) is 4.90. The maximum atomic E-state index is 12.9. The summed E-state index contributed by atoms with van der Waals surface area (Å²) in [7, 11) is 0. The fraction of sp³-hybridized carbons (Fsp3) is 0.292. The standard InChI is InChI=1S/C24H29N5O/c1-4-29(5-2)23-22(14-9-18(3)27-23)24(30)28-21-12-10-20(11-13-21)26-17-15-19-8-6-7-16-25-19/h6-14,16,26H,4-5,15,17H2,1-3H3,(H,28,30). The highest BCUT2D eigenvalue weighted by atomic mass is 16.1.